The maximum atomic E-state index is 11.7. The number of hydrogen-bond donors (Lipinski definition) is 2. The Morgan fingerprint density at radius 2 is 2.37 bits per heavy atom. The number of thiazole rings is 1. The summed E-state index contributed by atoms with van der Waals surface area (Å²) in [5.74, 6) is 0.654. The Morgan fingerprint density at radius 3 is 3.05 bits per heavy atom. The minimum Gasteiger partial charge on any atom is -0.375 e. The average molecular weight is 314 g/mol. The van der Waals surface area contributed by atoms with Crippen molar-refractivity contribution in [1.29, 1.82) is 0 Å². The van der Waals surface area contributed by atoms with Gasteiger partial charge in [0.1, 0.15) is 0 Å². The summed E-state index contributed by atoms with van der Waals surface area (Å²) in [5, 5.41) is 3.95. The minimum absolute atomic E-state index is 0.0350. The second kappa shape index (κ2) is 6.79. The van der Waals surface area contributed by atoms with Gasteiger partial charge in [-0.1, -0.05) is 29.0 Å². The van der Waals surface area contributed by atoms with E-state index in [4.69, 9.17) is 17.3 Å². The zero-order valence-corrected chi connectivity index (χ0v) is 12.3. The van der Waals surface area contributed by atoms with Gasteiger partial charge in [-0.15, -0.1) is 11.8 Å². The SMILES string of the molecule is Nc1ncc(SCCC(=O)Nc2cccc(Cl)c2)s1. The molecule has 0 saturated carbocycles. The first-order valence-corrected chi connectivity index (χ1v) is 7.71. The number of hydrogen-bond acceptors (Lipinski definition) is 5. The number of halogens is 1. The molecule has 0 spiro atoms. The van der Waals surface area contributed by atoms with Crippen molar-refractivity contribution in [3.05, 3.63) is 35.5 Å². The highest BCUT2D eigenvalue weighted by atomic mass is 35.5. The smallest absolute Gasteiger partial charge is 0.225 e. The molecule has 4 nitrogen and oxygen atoms in total. The van der Waals surface area contributed by atoms with Gasteiger partial charge < -0.3 is 11.1 Å². The van der Waals surface area contributed by atoms with E-state index in [1.807, 2.05) is 0 Å². The zero-order chi connectivity index (χ0) is 13.7. The normalized spacial score (nSPS) is 10.4. The molecule has 19 heavy (non-hydrogen) atoms. The van der Waals surface area contributed by atoms with Crippen molar-refractivity contribution in [3.63, 3.8) is 0 Å². The molecule has 0 aliphatic carbocycles. The molecule has 0 bridgehead atoms. The molecule has 1 amide bonds. The van der Waals surface area contributed by atoms with E-state index in [0.717, 1.165) is 4.21 Å². The van der Waals surface area contributed by atoms with Crippen LogP contribution in [0.4, 0.5) is 10.8 Å². The molecular formula is C12H12ClN3OS2. The molecule has 2 aromatic rings. The third kappa shape index (κ3) is 4.74. The summed E-state index contributed by atoms with van der Waals surface area (Å²) in [5.41, 5.74) is 6.24. The third-order valence-corrected chi connectivity index (χ3v) is 4.44. The Kier molecular flexibility index (Phi) is 5.07. The standard InChI is InChI=1S/C12H12ClN3OS2/c13-8-2-1-3-9(6-8)16-10(17)4-5-18-11-7-15-12(14)19-11/h1-3,6-7H,4-5H2,(H2,14,15)(H,16,17). The molecule has 100 valence electrons. The second-order valence-corrected chi connectivity index (χ2v) is 6.57. The van der Waals surface area contributed by atoms with E-state index in [-0.39, 0.29) is 5.91 Å². The van der Waals surface area contributed by atoms with Crippen LogP contribution in [-0.4, -0.2) is 16.6 Å². The van der Waals surface area contributed by atoms with Gasteiger partial charge in [-0.25, -0.2) is 4.98 Å². The van der Waals surface area contributed by atoms with Crippen LogP contribution < -0.4 is 11.1 Å². The summed E-state index contributed by atoms with van der Waals surface area (Å²) in [4.78, 5) is 15.7. The minimum atomic E-state index is -0.0350. The maximum absolute atomic E-state index is 11.7. The van der Waals surface area contributed by atoms with E-state index in [9.17, 15) is 4.79 Å². The van der Waals surface area contributed by atoms with Crippen molar-refractivity contribution < 1.29 is 4.79 Å². The monoisotopic (exact) mass is 313 g/mol. The van der Waals surface area contributed by atoms with E-state index in [1.165, 1.54) is 11.3 Å². The van der Waals surface area contributed by atoms with Gasteiger partial charge in [-0.2, -0.15) is 0 Å². The van der Waals surface area contributed by atoms with Gasteiger partial charge in [0.15, 0.2) is 5.13 Å². The molecule has 3 N–H and O–H groups in total. The molecule has 0 aliphatic heterocycles. The first-order chi connectivity index (χ1) is 9.13. The molecule has 1 aromatic heterocycles. The summed E-state index contributed by atoms with van der Waals surface area (Å²) in [7, 11) is 0. The van der Waals surface area contributed by atoms with Crippen molar-refractivity contribution in [2.75, 3.05) is 16.8 Å². The van der Waals surface area contributed by atoms with Crippen LogP contribution >= 0.6 is 34.7 Å². The Morgan fingerprint density at radius 1 is 1.53 bits per heavy atom. The fraction of sp³-hybridized carbons (Fsp3) is 0.167. The first-order valence-electron chi connectivity index (χ1n) is 5.53. The lowest BCUT2D eigenvalue weighted by molar-refractivity contribution is -0.115. The molecule has 0 radical (unpaired) electrons. The van der Waals surface area contributed by atoms with Crippen molar-refractivity contribution in [2.45, 2.75) is 10.6 Å². The summed E-state index contributed by atoms with van der Waals surface area (Å²) >= 11 is 8.84. The van der Waals surface area contributed by atoms with Crippen molar-refractivity contribution >= 4 is 51.4 Å². The van der Waals surface area contributed by atoms with Crippen LogP contribution in [0.5, 0.6) is 0 Å². The number of nitrogen functional groups attached to an aromatic ring is 1. The van der Waals surface area contributed by atoms with Gasteiger partial charge in [-0.3, -0.25) is 4.79 Å². The van der Waals surface area contributed by atoms with Crippen molar-refractivity contribution in [3.8, 4) is 0 Å². The lowest BCUT2D eigenvalue weighted by atomic mass is 10.3. The van der Waals surface area contributed by atoms with Gasteiger partial charge in [-0.05, 0) is 18.2 Å². The number of aromatic nitrogens is 1. The summed E-state index contributed by atoms with van der Waals surface area (Å²) in [6, 6.07) is 7.09. The number of anilines is 2. The van der Waals surface area contributed by atoms with Gasteiger partial charge >= 0.3 is 0 Å². The number of amides is 1. The summed E-state index contributed by atoms with van der Waals surface area (Å²) in [6.45, 7) is 0. The molecule has 0 atom stereocenters. The van der Waals surface area contributed by atoms with E-state index in [2.05, 4.69) is 10.3 Å². The predicted octanol–water partition coefficient (Wildman–Crippen LogP) is 3.50. The molecule has 2 rings (SSSR count). The van der Waals surface area contributed by atoms with Crippen molar-refractivity contribution in [1.82, 2.24) is 4.98 Å². The largest absolute Gasteiger partial charge is 0.375 e. The molecule has 0 fully saturated rings. The number of thioether (sulfide) groups is 1. The summed E-state index contributed by atoms with van der Waals surface area (Å²) in [6.07, 6.45) is 2.15. The van der Waals surface area contributed by atoms with Crippen LogP contribution in [-0.2, 0) is 4.79 Å². The number of carbonyl (C=O) groups is 1. The Balaban J connectivity index is 1.76. The lowest BCUT2D eigenvalue weighted by Gasteiger charge is -2.04. The van der Waals surface area contributed by atoms with Crippen LogP contribution in [0, 0.1) is 0 Å². The number of nitrogens with two attached hydrogens (primary N) is 1. The Labute approximate surface area is 124 Å². The molecular weight excluding hydrogens is 302 g/mol. The van der Waals surface area contributed by atoms with E-state index in [0.29, 0.717) is 28.0 Å². The van der Waals surface area contributed by atoms with E-state index < -0.39 is 0 Å². The Hall–Kier alpha value is -1.24. The number of nitrogens with zero attached hydrogens (tertiary/aromatic N) is 1. The van der Waals surface area contributed by atoms with Gasteiger partial charge in [0, 0.05) is 22.9 Å². The highest BCUT2D eigenvalue weighted by Crippen LogP contribution is 2.26. The van der Waals surface area contributed by atoms with Crippen molar-refractivity contribution in [2.24, 2.45) is 0 Å². The highest BCUT2D eigenvalue weighted by Gasteiger charge is 2.05. The van der Waals surface area contributed by atoms with Crippen LogP contribution in [0.15, 0.2) is 34.7 Å². The van der Waals surface area contributed by atoms with Crippen LogP contribution in [0.2, 0.25) is 5.02 Å². The predicted molar refractivity (Wildman–Crippen MR) is 81.9 cm³/mol. The Bertz CT molecular complexity index is 574. The fourth-order valence-corrected chi connectivity index (χ4v) is 3.34. The maximum Gasteiger partial charge on any atom is 0.225 e. The van der Waals surface area contributed by atoms with Crippen LogP contribution in [0.1, 0.15) is 6.42 Å². The van der Waals surface area contributed by atoms with Crippen LogP contribution in [0.25, 0.3) is 0 Å². The van der Waals surface area contributed by atoms with E-state index >= 15 is 0 Å². The number of nitrogens with one attached hydrogen (secondary N) is 1. The molecule has 0 aliphatic rings. The number of carbonyl (C=O) groups excluding carboxylic acids is 1. The molecule has 1 heterocycles. The lowest BCUT2D eigenvalue weighted by Crippen LogP contribution is -2.11. The molecule has 1 aromatic carbocycles. The number of benzene rings is 1. The topological polar surface area (TPSA) is 68.0 Å². The molecule has 7 heteroatoms. The van der Waals surface area contributed by atoms with Crippen LogP contribution in [0.3, 0.4) is 0 Å². The van der Waals surface area contributed by atoms with Gasteiger partial charge in [0.05, 0.1) is 10.4 Å². The second-order valence-electron chi connectivity index (χ2n) is 3.67. The van der Waals surface area contributed by atoms with Gasteiger partial charge in [0.25, 0.3) is 0 Å². The highest BCUT2D eigenvalue weighted by molar-refractivity contribution is 8.01. The zero-order valence-electron chi connectivity index (χ0n) is 9.93. The third-order valence-electron chi connectivity index (χ3n) is 2.18. The molecule has 0 unspecified atom stereocenters. The average Bonchev–Trinajstić information content (AvgIpc) is 2.75. The van der Waals surface area contributed by atoms with E-state index in [1.54, 1.807) is 42.2 Å². The van der Waals surface area contributed by atoms with Gasteiger partial charge in [0.2, 0.25) is 5.91 Å². The quantitative estimate of drug-likeness (QED) is 0.829. The first kappa shape index (κ1) is 14.2. The molecule has 0 saturated heterocycles. The summed E-state index contributed by atoms with van der Waals surface area (Å²) < 4.78 is 1.02. The number of rotatable bonds is 5. The fourth-order valence-electron chi connectivity index (χ4n) is 1.37.